The summed E-state index contributed by atoms with van der Waals surface area (Å²) in [4.78, 5) is 8.36. The summed E-state index contributed by atoms with van der Waals surface area (Å²) >= 11 is -2.36. The van der Waals surface area contributed by atoms with Gasteiger partial charge in [0, 0.05) is 11.3 Å². The zero-order valence-corrected chi connectivity index (χ0v) is 9.36. The Labute approximate surface area is 91.3 Å². The molecule has 0 bridgehead atoms. The predicted octanol–water partition coefficient (Wildman–Crippen LogP) is 0.743. The van der Waals surface area contributed by atoms with Gasteiger partial charge in [-0.05, 0) is 25.0 Å². The van der Waals surface area contributed by atoms with Crippen molar-refractivity contribution in [3.63, 3.8) is 0 Å². The largest absolute Gasteiger partial charge is 0.760 e. The maximum absolute atomic E-state index is 8.78. The highest BCUT2D eigenvalue weighted by Crippen LogP contribution is 2.02. The molecule has 0 fully saturated rings. The molecular formula is C9H14NO4S-. The van der Waals surface area contributed by atoms with Gasteiger partial charge < -0.3 is 9.66 Å². The van der Waals surface area contributed by atoms with Crippen molar-refractivity contribution in [1.82, 2.24) is 0 Å². The zero-order valence-electron chi connectivity index (χ0n) is 8.54. The molecule has 1 aromatic rings. The third kappa shape index (κ3) is 15.5. The predicted molar refractivity (Wildman–Crippen MR) is 57.7 cm³/mol. The molecule has 3 N–H and O–H groups in total. The Kier molecular flexibility index (Phi) is 11.7. The van der Waals surface area contributed by atoms with E-state index < -0.39 is 11.3 Å². The molecule has 0 saturated carbocycles. The van der Waals surface area contributed by atoms with Gasteiger partial charge in [0.1, 0.15) is 0 Å². The van der Waals surface area contributed by atoms with Crippen molar-refractivity contribution >= 4 is 17.7 Å². The highest BCUT2D eigenvalue weighted by atomic mass is 32.2. The highest BCUT2D eigenvalue weighted by molar-refractivity contribution is 7.76. The Morgan fingerprint density at radius 1 is 1.33 bits per heavy atom. The number of carboxylic acid groups (broad SMARTS) is 1. The van der Waals surface area contributed by atoms with Crippen molar-refractivity contribution in [1.29, 1.82) is 0 Å². The molecule has 0 aromatic heterocycles. The van der Waals surface area contributed by atoms with Gasteiger partial charge in [0.25, 0.3) is 6.47 Å². The second-order valence-electron chi connectivity index (χ2n) is 2.45. The van der Waals surface area contributed by atoms with Crippen LogP contribution in [0, 0.1) is 13.8 Å². The second-order valence-corrected chi connectivity index (χ2v) is 2.97. The standard InChI is InChI=1S/C8H10.CH2O2.H3NO2S/c1-7-5-3-4-6-8(7)2;2-1-3;1-4(2)3/h3-6H,1-2H3;1H,(H,2,3);1H2,(H,2,3)/p-1. The Balaban J connectivity index is 0. The number of benzene rings is 1. The number of carbonyl (C=O) groups is 1. The molecular weight excluding hydrogens is 218 g/mol. The van der Waals surface area contributed by atoms with Gasteiger partial charge >= 0.3 is 0 Å². The number of hydrogen-bond donors (Lipinski definition) is 2. The topological polar surface area (TPSA) is 103 Å². The maximum atomic E-state index is 8.78. The SMILES string of the molecule is Cc1ccccc1C.NS(=O)[O-].O=CO. The van der Waals surface area contributed by atoms with Gasteiger partial charge in [-0.15, -0.1) is 0 Å². The van der Waals surface area contributed by atoms with Gasteiger partial charge in [-0.25, -0.2) is 0 Å². The molecule has 6 heteroatoms. The monoisotopic (exact) mass is 232 g/mol. The third-order valence-corrected chi connectivity index (χ3v) is 1.43. The summed E-state index contributed by atoms with van der Waals surface area (Å²) in [5, 5.41) is 10.9. The van der Waals surface area contributed by atoms with Crippen LogP contribution in [0.4, 0.5) is 0 Å². The van der Waals surface area contributed by atoms with Crippen LogP contribution in [0.25, 0.3) is 0 Å². The molecule has 15 heavy (non-hydrogen) atoms. The van der Waals surface area contributed by atoms with Crippen LogP contribution in [-0.4, -0.2) is 20.3 Å². The van der Waals surface area contributed by atoms with E-state index in [1.807, 2.05) is 0 Å². The summed E-state index contributed by atoms with van der Waals surface area (Å²) in [5.74, 6) is 0. The lowest BCUT2D eigenvalue weighted by molar-refractivity contribution is -0.122. The molecule has 86 valence electrons. The van der Waals surface area contributed by atoms with E-state index in [2.05, 4.69) is 43.3 Å². The summed E-state index contributed by atoms with van der Waals surface area (Å²) in [5.41, 5.74) is 2.74. The van der Waals surface area contributed by atoms with Gasteiger partial charge in [-0.2, -0.15) is 0 Å². The van der Waals surface area contributed by atoms with Crippen LogP contribution in [-0.2, 0) is 16.1 Å². The quantitative estimate of drug-likeness (QED) is 0.508. The molecule has 0 amide bonds. The fourth-order valence-corrected chi connectivity index (χ4v) is 0.663. The van der Waals surface area contributed by atoms with E-state index in [-0.39, 0.29) is 6.47 Å². The van der Waals surface area contributed by atoms with E-state index in [0.29, 0.717) is 0 Å². The van der Waals surface area contributed by atoms with E-state index in [4.69, 9.17) is 18.7 Å². The molecule has 1 unspecified atom stereocenters. The first-order valence-electron chi connectivity index (χ1n) is 3.89. The van der Waals surface area contributed by atoms with Crippen molar-refractivity contribution in [2.45, 2.75) is 13.8 Å². The molecule has 0 radical (unpaired) electrons. The minimum absolute atomic E-state index is 0.250. The fraction of sp³-hybridized carbons (Fsp3) is 0.222. The van der Waals surface area contributed by atoms with Crippen LogP contribution in [0.3, 0.4) is 0 Å². The first-order chi connectivity index (χ1) is 6.95. The minimum Gasteiger partial charge on any atom is -0.760 e. The highest BCUT2D eigenvalue weighted by Gasteiger charge is 1.83. The van der Waals surface area contributed by atoms with Gasteiger partial charge in [0.15, 0.2) is 0 Å². The Hall–Kier alpha value is -1.24. The van der Waals surface area contributed by atoms with Crippen LogP contribution < -0.4 is 5.14 Å². The fourth-order valence-electron chi connectivity index (χ4n) is 0.663. The maximum Gasteiger partial charge on any atom is 0.290 e. The van der Waals surface area contributed by atoms with Crippen molar-refractivity contribution in [3.8, 4) is 0 Å². The average Bonchev–Trinajstić information content (AvgIpc) is 2.10. The van der Waals surface area contributed by atoms with Gasteiger partial charge in [0.2, 0.25) is 0 Å². The van der Waals surface area contributed by atoms with E-state index in [0.717, 1.165) is 0 Å². The van der Waals surface area contributed by atoms with Crippen molar-refractivity contribution in [2.24, 2.45) is 5.14 Å². The zero-order chi connectivity index (χ0) is 12.3. The van der Waals surface area contributed by atoms with Crippen molar-refractivity contribution in [3.05, 3.63) is 35.4 Å². The van der Waals surface area contributed by atoms with Crippen LogP contribution in [0.2, 0.25) is 0 Å². The molecule has 0 aliphatic carbocycles. The Morgan fingerprint density at radius 2 is 1.53 bits per heavy atom. The number of aryl methyl sites for hydroxylation is 2. The first-order valence-corrected chi connectivity index (χ1v) is 5.03. The molecule has 1 rings (SSSR count). The summed E-state index contributed by atoms with van der Waals surface area (Å²) in [7, 11) is 0. The van der Waals surface area contributed by atoms with Crippen molar-refractivity contribution in [2.75, 3.05) is 0 Å². The lowest BCUT2D eigenvalue weighted by atomic mass is 10.1. The molecule has 1 atom stereocenters. The molecule has 5 nitrogen and oxygen atoms in total. The molecule has 0 saturated heterocycles. The molecule has 1 aromatic carbocycles. The number of hydrogen-bond acceptors (Lipinski definition) is 3. The Morgan fingerprint density at radius 3 is 1.67 bits per heavy atom. The first kappa shape index (κ1) is 16.2. The second kappa shape index (κ2) is 10.8. The van der Waals surface area contributed by atoms with Gasteiger partial charge in [-0.3, -0.25) is 14.1 Å². The summed E-state index contributed by atoms with van der Waals surface area (Å²) in [6, 6.07) is 8.36. The van der Waals surface area contributed by atoms with E-state index in [1.54, 1.807) is 0 Å². The van der Waals surface area contributed by atoms with Crippen molar-refractivity contribution < 1.29 is 18.7 Å². The molecule has 0 spiro atoms. The van der Waals surface area contributed by atoms with Gasteiger partial charge in [0.05, 0.1) is 0 Å². The Bertz CT molecular complexity index is 279. The normalized spacial score (nSPS) is 9.87. The van der Waals surface area contributed by atoms with E-state index >= 15 is 0 Å². The van der Waals surface area contributed by atoms with Crippen LogP contribution in [0.1, 0.15) is 11.1 Å². The number of nitrogens with two attached hydrogens (primary N) is 1. The van der Waals surface area contributed by atoms with Crippen LogP contribution in [0.5, 0.6) is 0 Å². The summed E-state index contributed by atoms with van der Waals surface area (Å²) < 4.78 is 17.6. The number of rotatable bonds is 0. The summed E-state index contributed by atoms with van der Waals surface area (Å²) in [6.07, 6.45) is 0. The lowest BCUT2D eigenvalue weighted by Gasteiger charge is -1.93. The van der Waals surface area contributed by atoms with E-state index in [1.165, 1.54) is 11.1 Å². The molecule has 0 aliphatic rings. The summed E-state index contributed by atoms with van der Waals surface area (Å²) in [6.45, 7) is 3.99. The molecule has 0 aliphatic heterocycles. The average molecular weight is 232 g/mol. The van der Waals surface area contributed by atoms with E-state index in [9.17, 15) is 0 Å². The van der Waals surface area contributed by atoms with Crippen LogP contribution in [0.15, 0.2) is 24.3 Å². The lowest BCUT2D eigenvalue weighted by Crippen LogP contribution is -1.97. The van der Waals surface area contributed by atoms with Gasteiger partial charge in [-0.1, -0.05) is 24.3 Å². The minimum atomic E-state index is -2.36. The smallest absolute Gasteiger partial charge is 0.290 e. The molecule has 0 heterocycles. The van der Waals surface area contributed by atoms with Crippen LogP contribution >= 0.6 is 0 Å². The third-order valence-electron chi connectivity index (χ3n) is 1.43.